The number of hydrogen-bond donors (Lipinski definition) is 2. The molecule has 7 heteroatoms. The summed E-state index contributed by atoms with van der Waals surface area (Å²) in [5.74, 6) is 0. The highest BCUT2D eigenvalue weighted by Gasteiger charge is 2.19. The molecule has 2 aliphatic rings. The lowest BCUT2D eigenvalue weighted by atomic mass is 9.96. The quantitative estimate of drug-likeness (QED) is 0.524. The molecule has 0 unspecified atom stereocenters. The highest BCUT2D eigenvalue weighted by Crippen LogP contribution is 2.27. The third-order valence-corrected chi connectivity index (χ3v) is 6.04. The van der Waals surface area contributed by atoms with Crippen molar-refractivity contribution in [1.82, 2.24) is 14.8 Å². The van der Waals surface area contributed by atoms with Gasteiger partial charge in [0, 0.05) is 32.0 Å². The first-order valence-corrected chi connectivity index (χ1v) is 11.6. The van der Waals surface area contributed by atoms with Gasteiger partial charge in [-0.2, -0.15) is 5.10 Å². The number of aromatic amines is 1. The summed E-state index contributed by atoms with van der Waals surface area (Å²) in [6.07, 6.45) is 13.2. The van der Waals surface area contributed by atoms with Crippen LogP contribution in [0.5, 0.6) is 0 Å². The van der Waals surface area contributed by atoms with E-state index in [1.165, 1.54) is 49.4 Å². The molecule has 0 bridgehead atoms. The average molecular weight is 445 g/mol. The number of ether oxygens (including phenoxy) is 1. The van der Waals surface area contributed by atoms with Crippen molar-refractivity contribution >= 4 is 28.2 Å². The van der Waals surface area contributed by atoms with Crippen LogP contribution in [-0.2, 0) is 4.74 Å². The SMILES string of the molecule is C1CCOCC1.CNc1cnn(C2CCCCC2)c(=O)c1Cl.c1ccc2[nH]ccc2c1. The Morgan fingerprint density at radius 1 is 1.06 bits per heavy atom. The number of H-pyrrole nitrogens is 1. The van der Waals surface area contributed by atoms with Gasteiger partial charge in [-0.15, -0.1) is 0 Å². The van der Waals surface area contributed by atoms with Gasteiger partial charge in [-0.3, -0.25) is 4.79 Å². The Labute approximate surface area is 189 Å². The Morgan fingerprint density at radius 3 is 2.39 bits per heavy atom. The van der Waals surface area contributed by atoms with E-state index in [-0.39, 0.29) is 16.6 Å². The third kappa shape index (κ3) is 6.84. The van der Waals surface area contributed by atoms with Crippen LogP contribution in [0, 0.1) is 0 Å². The number of halogens is 1. The fourth-order valence-electron chi connectivity index (χ4n) is 3.89. The molecule has 6 nitrogen and oxygen atoms in total. The molecule has 1 aromatic carbocycles. The highest BCUT2D eigenvalue weighted by atomic mass is 35.5. The van der Waals surface area contributed by atoms with Crippen LogP contribution in [0.15, 0.2) is 47.5 Å². The van der Waals surface area contributed by atoms with Gasteiger partial charge in [-0.25, -0.2) is 4.68 Å². The van der Waals surface area contributed by atoms with Crippen LogP contribution in [0.1, 0.15) is 57.4 Å². The van der Waals surface area contributed by atoms with Gasteiger partial charge in [0.25, 0.3) is 5.56 Å². The maximum Gasteiger partial charge on any atom is 0.287 e. The maximum atomic E-state index is 12.0. The van der Waals surface area contributed by atoms with Gasteiger partial charge in [0.2, 0.25) is 0 Å². The fourth-order valence-corrected chi connectivity index (χ4v) is 4.12. The molecule has 0 spiro atoms. The zero-order chi connectivity index (χ0) is 21.9. The van der Waals surface area contributed by atoms with Gasteiger partial charge < -0.3 is 15.0 Å². The molecular weight excluding hydrogens is 412 g/mol. The summed E-state index contributed by atoms with van der Waals surface area (Å²) >= 11 is 5.98. The number of aromatic nitrogens is 3. The molecule has 1 saturated carbocycles. The van der Waals surface area contributed by atoms with Crippen LogP contribution < -0.4 is 10.9 Å². The van der Waals surface area contributed by atoms with Gasteiger partial charge in [-0.05, 0) is 49.6 Å². The molecular formula is C24H33ClN4O2. The molecule has 1 saturated heterocycles. The number of nitrogens with zero attached hydrogens (tertiary/aromatic N) is 2. The minimum atomic E-state index is -0.180. The van der Waals surface area contributed by atoms with Crippen molar-refractivity contribution in [3.8, 4) is 0 Å². The normalized spacial score (nSPS) is 16.6. The Balaban J connectivity index is 0.000000151. The van der Waals surface area contributed by atoms with Crippen LogP contribution in [0.4, 0.5) is 5.69 Å². The summed E-state index contributed by atoms with van der Waals surface area (Å²) in [7, 11) is 1.73. The van der Waals surface area contributed by atoms with Crippen molar-refractivity contribution in [2.75, 3.05) is 25.6 Å². The number of hydrogen-bond acceptors (Lipinski definition) is 4. The van der Waals surface area contributed by atoms with E-state index in [1.54, 1.807) is 17.9 Å². The van der Waals surface area contributed by atoms with E-state index in [0.717, 1.165) is 26.1 Å². The number of rotatable bonds is 2. The van der Waals surface area contributed by atoms with Crippen molar-refractivity contribution < 1.29 is 4.74 Å². The van der Waals surface area contributed by atoms with Crippen LogP contribution in [0.25, 0.3) is 10.9 Å². The third-order valence-electron chi connectivity index (χ3n) is 5.67. The van der Waals surface area contributed by atoms with Crippen LogP contribution in [0.2, 0.25) is 5.02 Å². The summed E-state index contributed by atoms with van der Waals surface area (Å²) < 4.78 is 6.61. The van der Waals surface area contributed by atoms with Gasteiger partial charge in [0.1, 0.15) is 5.02 Å². The van der Waals surface area contributed by atoms with E-state index in [0.29, 0.717) is 5.69 Å². The first-order chi connectivity index (χ1) is 15.2. The molecule has 168 valence electrons. The van der Waals surface area contributed by atoms with E-state index < -0.39 is 0 Å². The summed E-state index contributed by atoms with van der Waals surface area (Å²) in [6, 6.07) is 10.5. The summed E-state index contributed by atoms with van der Waals surface area (Å²) in [5, 5.41) is 8.56. The Morgan fingerprint density at radius 2 is 1.77 bits per heavy atom. The second-order valence-corrected chi connectivity index (χ2v) is 8.28. The lowest BCUT2D eigenvalue weighted by Crippen LogP contribution is -2.29. The number of benzene rings is 1. The molecule has 31 heavy (non-hydrogen) atoms. The molecule has 0 atom stereocenters. The monoisotopic (exact) mass is 444 g/mol. The van der Waals surface area contributed by atoms with Gasteiger partial charge >= 0.3 is 0 Å². The Hall–Kier alpha value is -2.31. The first-order valence-electron chi connectivity index (χ1n) is 11.3. The predicted molar refractivity (Wildman–Crippen MR) is 128 cm³/mol. The van der Waals surface area contributed by atoms with Gasteiger partial charge in [0.05, 0.1) is 17.9 Å². The molecule has 1 aliphatic heterocycles. The predicted octanol–water partition coefficient (Wildman–Crippen LogP) is 5.80. The van der Waals surface area contributed by atoms with E-state index in [1.807, 2.05) is 18.3 Å². The van der Waals surface area contributed by atoms with Crippen molar-refractivity contribution in [1.29, 1.82) is 0 Å². The van der Waals surface area contributed by atoms with Crippen molar-refractivity contribution in [3.05, 3.63) is 58.1 Å². The molecule has 2 fully saturated rings. The largest absolute Gasteiger partial charge is 0.385 e. The van der Waals surface area contributed by atoms with Crippen LogP contribution >= 0.6 is 11.6 Å². The molecule has 2 aromatic heterocycles. The molecule has 3 aromatic rings. The molecule has 2 N–H and O–H groups in total. The zero-order valence-corrected chi connectivity index (χ0v) is 19.0. The second kappa shape index (κ2) is 12.5. The average Bonchev–Trinajstić information content (AvgIpc) is 3.32. The van der Waals surface area contributed by atoms with E-state index in [4.69, 9.17) is 16.3 Å². The van der Waals surface area contributed by atoms with Crippen molar-refractivity contribution in [2.45, 2.75) is 57.4 Å². The summed E-state index contributed by atoms with van der Waals surface area (Å²) in [6.45, 7) is 2.00. The minimum Gasteiger partial charge on any atom is -0.385 e. The molecule has 3 heterocycles. The Bertz CT molecular complexity index is 933. The van der Waals surface area contributed by atoms with E-state index >= 15 is 0 Å². The molecule has 1 aliphatic carbocycles. The standard InChI is InChI=1S/C11H16ClN3O.C8H7N.C5H10O/c1-13-9-7-14-15(11(16)10(9)12)8-5-3-2-4-6-8;1-2-4-8-7(3-1)5-6-9-8;1-2-4-6-5-3-1/h7-8,13H,2-6H2,1H3;1-6,9H;1-5H2. The second-order valence-electron chi connectivity index (χ2n) is 7.90. The molecule has 0 amide bonds. The van der Waals surface area contributed by atoms with Gasteiger partial charge in [-0.1, -0.05) is 49.1 Å². The topological polar surface area (TPSA) is 71.9 Å². The lowest BCUT2D eigenvalue weighted by molar-refractivity contribution is 0.0968. The highest BCUT2D eigenvalue weighted by molar-refractivity contribution is 6.32. The number of nitrogens with one attached hydrogen (secondary N) is 2. The number of anilines is 1. The number of fused-ring (bicyclic) bond motifs is 1. The van der Waals surface area contributed by atoms with Crippen molar-refractivity contribution in [2.24, 2.45) is 0 Å². The van der Waals surface area contributed by atoms with E-state index in [9.17, 15) is 4.79 Å². The first kappa shape index (κ1) is 23.4. The Kier molecular flexibility index (Phi) is 9.43. The smallest absolute Gasteiger partial charge is 0.287 e. The fraction of sp³-hybridized carbons (Fsp3) is 0.500. The molecule has 5 rings (SSSR count). The van der Waals surface area contributed by atoms with Crippen molar-refractivity contribution in [3.63, 3.8) is 0 Å². The van der Waals surface area contributed by atoms with Gasteiger partial charge in [0.15, 0.2) is 0 Å². The minimum absolute atomic E-state index is 0.180. The zero-order valence-electron chi connectivity index (χ0n) is 18.3. The van der Waals surface area contributed by atoms with Crippen LogP contribution in [-0.4, -0.2) is 35.0 Å². The summed E-state index contributed by atoms with van der Waals surface area (Å²) in [5.41, 5.74) is 1.62. The maximum absolute atomic E-state index is 12.0. The van der Waals surface area contributed by atoms with E-state index in [2.05, 4.69) is 33.6 Å². The number of para-hydroxylation sites is 1. The molecule has 0 radical (unpaired) electrons. The summed E-state index contributed by atoms with van der Waals surface area (Å²) in [4.78, 5) is 15.1. The van der Waals surface area contributed by atoms with Crippen LogP contribution in [0.3, 0.4) is 0 Å². The lowest BCUT2D eigenvalue weighted by Gasteiger charge is -2.22.